The van der Waals surface area contributed by atoms with Crippen molar-refractivity contribution in [1.29, 1.82) is 0 Å². The monoisotopic (exact) mass is 235 g/mol. The van der Waals surface area contributed by atoms with Gasteiger partial charge in [-0.25, -0.2) is 0 Å². The molecule has 0 spiro atoms. The lowest BCUT2D eigenvalue weighted by Gasteiger charge is -2.13. The molecule has 0 saturated heterocycles. The molecule has 2 N–H and O–H groups in total. The van der Waals surface area contributed by atoms with Crippen molar-refractivity contribution in [2.45, 2.75) is 19.8 Å². The van der Waals surface area contributed by atoms with Gasteiger partial charge in [-0.2, -0.15) is 0 Å². The zero-order valence-corrected chi connectivity index (χ0v) is 10.7. The van der Waals surface area contributed by atoms with Crippen molar-refractivity contribution in [1.82, 2.24) is 0 Å². The molecular formula is C14H21NO2. The average Bonchev–Trinajstić information content (AvgIpc) is 2.37. The predicted octanol–water partition coefficient (Wildman–Crippen LogP) is 2.54. The van der Waals surface area contributed by atoms with Crippen molar-refractivity contribution < 1.29 is 9.47 Å². The van der Waals surface area contributed by atoms with Gasteiger partial charge in [0, 0.05) is 0 Å². The van der Waals surface area contributed by atoms with Gasteiger partial charge >= 0.3 is 0 Å². The highest BCUT2D eigenvalue weighted by Crippen LogP contribution is 2.25. The van der Waals surface area contributed by atoms with E-state index in [2.05, 4.69) is 13.5 Å². The molecule has 0 amide bonds. The van der Waals surface area contributed by atoms with Gasteiger partial charge < -0.3 is 15.2 Å². The first-order chi connectivity index (χ1) is 8.21. The molecule has 0 aliphatic carbocycles. The first-order valence-electron chi connectivity index (χ1n) is 5.87. The van der Waals surface area contributed by atoms with Crippen molar-refractivity contribution >= 4 is 0 Å². The Kier molecular flexibility index (Phi) is 5.57. The third-order valence-electron chi connectivity index (χ3n) is 2.61. The van der Waals surface area contributed by atoms with Gasteiger partial charge in [-0.15, -0.1) is 0 Å². The van der Waals surface area contributed by atoms with Crippen LogP contribution in [0, 0.1) is 0 Å². The quantitative estimate of drug-likeness (QED) is 0.739. The maximum atomic E-state index is 5.73. The van der Waals surface area contributed by atoms with Crippen LogP contribution in [0.3, 0.4) is 0 Å². The Bertz CT molecular complexity index is 374. The number of rotatable bonds is 7. The van der Waals surface area contributed by atoms with E-state index in [1.165, 1.54) is 0 Å². The van der Waals surface area contributed by atoms with Crippen molar-refractivity contribution in [2.24, 2.45) is 5.73 Å². The summed E-state index contributed by atoms with van der Waals surface area (Å²) in [6.07, 6.45) is 1.72. The van der Waals surface area contributed by atoms with E-state index in [0.717, 1.165) is 35.5 Å². The van der Waals surface area contributed by atoms with Crippen LogP contribution in [0.25, 0.3) is 0 Å². The summed E-state index contributed by atoms with van der Waals surface area (Å²) in [7, 11) is 1.65. The molecule has 0 fully saturated rings. The first-order valence-corrected chi connectivity index (χ1v) is 5.87. The van der Waals surface area contributed by atoms with E-state index in [4.69, 9.17) is 15.2 Å². The van der Waals surface area contributed by atoms with Crippen LogP contribution in [0.1, 0.15) is 18.9 Å². The highest BCUT2D eigenvalue weighted by Gasteiger charge is 2.05. The molecule has 94 valence electrons. The summed E-state index contributed by atoms with van der Waals surface area (Å²) in [4.78, 5) is 0. The van der Waals surface area contributed by atoms with Gasteiger partial charge in [-0.1, -0.05) is 13.5 Å². The van der Waals surface area contributed by atoms with Crippen LogP contribution in [-0.2, 0) is 6.42 Å². The molecule has 3 heteroatoms. The summed E-state index contributed by atoms with van der Waals surface area (Å²) < 4.78 is 10.9. The number of benzene rings is 1. The number of methoxy groups -OCH3 is 1. The predicted molar refractivity (Wildman–Crippen MR) is 70.7 cm³/mol. The van der Waals surface area contributed by atoms with E-state index in [-0.39, 0.29) is 0 Å². The molecule has 0 radical (unpaired) electrons. The number of hydrogen-bond acceptors (Lipinski definition) is 3. The molecule has 0 heterocycles. The van der Waals surface area contributed by atoms with Gasteiger partial charge in [-0.05, 0) is 48.7 Å². The number of nitrogens with two attached hydrogens (primary N) is 1. The average molecular weight is 235 g/mol. The fraction of sp³-hybridized carbons (Fsp3) is 0.429. The first kappa shape index (κ1) is 13.6. The van der Waals surface area contributed by atoms with E-state index in [9.17, 15) is 0 Å². The number of ether oxygens (including phenoxy) is 2. The van der Waals surface area contributed by atoms with Crippen molar-refractivity contribution in [2.75, 3.05) is 20.3 Å². The highest BCUT2D eigenvalue weighted by atomic mass is 16.5. The van der Waals surface area contributed by atoms with Crippen molar-refractivity contribution in [3.63, 3.8) is 0 Å². The molecule has 0 aromatic heterocycles. The Hall–Kier alpha value is -1.48. The third-order valence-corrected chi connectivity index (χ3v) is 2.61. The fourth-order valence-corrected chi connectivity index (χ4v) is 1.46. The van der Waals surface area contributed by atoms with Crippen LogP contribution in [0.5, 0.6) is 11.5 Å². The molecule has 0 aliphatic rings. The van der Waals surface area contributed by atoms with Gasteiger partial charge in [0.1, 0.15) is 18.1 Å². The van der Waals surface area contributed by atoms with Crippen molar-refractivity contribution in [3.05, 3.63) is 35.9 Å². The maximum absolute atomic E-state index is 5.73. The molecule has 0 saturated carbocycles. The molecule has 0 bridgehead atoms. The molecule has 0 atom stereocenters. The standard InChI is InChI=1S/C14H21NO2/c1-4-11(2)10-17-14-6-5-13(16-3)9-12(14)7-8-15/h5-6,9H,2,4,7-8,10,15H2,1,3H3. The van der Waals surface area contributed by atoms with Gasteiger partial charge in [0.2, 0.25) is 0 Å². The van der Waals surface area contributed by atoms with Gasteiger partial charge in [0.15, 0.2) is 0 Å². The van der Waals surface area contributed by atoms with Crippen LogP contribution >= 0.6 is 0 Å². The lowest BCUT2D eigenvalue weighted by atomic mass is 10.1. The highest BCUT2D eigenvalue weighted by molar-refractivity contribution is 5.40. The Morgan fingerprint density at radius 2 is 2.18 bits per heavy atom. The minimum Gasteiger partial charge on any atom is -0.497 e. The van der Waals surface area contributed by atoms with E-state index < -0.39 is 0 Å². The van der Waals surface area contributed by atoms with Crippen LogP contribution in [0.4, 0.5) is 0 Å². The summed E-state index contributed by atoms with van der Waals surface area (Å²) in [5.41, 5.74) is 7.75. The van der Waals surface area contributed by atoms with E-state index in [1.54, 1.807) is 7.11 Å². The summed E-state index contributed by atoms with van der Waals surface area (Å²) in [5.74, 6) is 1.70. The second-order valence-corrected chi connectivity index (χ2v) is 3.90. The smallest absolute Gasteiger partial charge is 0.123 e. The second kappa shape index (κ2) is 6.97. The van der Waals surface area contributed by atoms with Crippen LogP contribution < -0.4 is 15.2 Å². The molecule has 17 heavy (non-hydrogen) atoms. The summed E-state index contributed by atoms with van der Waals surface area (Å²) >= 11 is 0. The van der Waals surface area contributed by atoms with Gasteiger partial charge in [-0.3, -0.25) is 0 Å². The third kappa shape index (κ3) is 4.11. The van der Waals surface area contributed by atoms with E-state index in [0.29, 0.717) is 13.2 Å². The van der Waals surface area contributed by atoms with Gasteiger partial charge in [0.05, 0.1) is 7.11 Å². The molecule has 1 aromatic rings. The maximum Gasteiger partial charge on any atom is 0.123 e. The lowest BCUT2D eigenvalue weighted by molar-refractivity contribution is 0.343. The largest absolute Gasteiger partial charge is 0.497 e. The molecule has 0 aliphatic heterocycles. The fourth-order valence-electron chi connectivity index (χ4n) is 1.46. The Morgan fingerprint density at radius 3 is 2.76 bits per heavy atom. The SMILES string of the molecule is C=C(CC)COc1ccc(OC)cc1CCN. The Balaban J connectivity index is 2.78. The molecular weight excluding hydrogens is 214 g/mol. The van der Waals surface area contributed by atoms with Gasteiger partial charge in [0.25, 0.3) is 0 Å². The number of hydrogen-bond donors (Lipinski definition) is 1. The van der Waals surface area contributed by atoms with E-state index >= 15 is 0 Å². The van der Waals surface area contributed by atoms with Crippen molar-refractivity contribution in [3.8, 4) is 11.5 Å². The zero-order valence-electron chi connectivity index (χ0n) is 10.7. The second-order valence-electron chi connectivity index (χ2n) is 3.90. The molecule has 3 nitrogen and oxygen atoms in total. The molecule has 0 unspecified atom stereocenters. The molecule has 1 aromatic carbocycles. The normalized spacial score (nSPS) is 10.1. The minimum absolute atomic E-state index is 0.556. The van der Waals surface area contributed by atoms with Crippen LogP contribution in [-0.4, -0.2) is 20.3 Å². The summed E-state index contributed by atoms with van der Waals surface area (Å²) in [5, 5.41) is 0. The Morgan fingerprint density at radius 1 is 1.41 bits per heavy atom. The molecule has 1 rings (SSSR count). The summed E-state index contributed by atoms with van der Waals surface area (Å²) in [6.45, 7) is 7.14. The van der Waals surface area contributed by atoms with E-state index in [1.807, 2.05) is 18.2 Å². The Labute approximate surface area is 103 Å². The zero-order chi connectivity index (χ0) is 12.7. The van der Waals surface area contributed by atoms with Crippen LogP contribution in [0.2, 0.25) is 0 Å². The van der Waals surface area contributed by atoms with Crippen LogP contribution in [0.15, 0.2) is 30.4 Å². The lowest BCUT2D eigenvalue weighted by Crippen LogP contribution is -2.07. The minimum atomic E-state index is 0.556. The summed E-state index contributed by atoms with van der Waals surface area (Å²) in [6, 6.07) is 5.79. The topological polar surface area (TPSA) is 44.5 Å².